The van der Waals surface area contributed by atoms with Crippen molar-refractivity contribution in [2.45, 2.75) is 13.5 Å². The molecular formula is C20H17F3N4O5. The van der Waals surface area contributed by atoms with E-state index in [1.165, 1.54) is 13.0 Å². The number of methoxy groups -OCH3 is 2. The zero-order chi connectivity index (χ0) is 23.6. The summed E-state index contributed by atoms with van der Waals surface area (Å²) in [5.74, 6) is -4.64. The van der Waals surface area contributed by atoms with Crippen molar-refractivity contribution in [3.05, 3.63) is 74.2 Å². The van der Waals surface area contributed by atoms with Gasteiger partial charge in [-0.15, -0.1) is 5.10 Å². The second kappa shape index (κ2) is 8.96. The van der Waals surface area contributed by atoms with E-state index >= 15 is 0 Å². The van der Waals surface area contributed by atoms with E-state index < -0.39 is 52.8 Å². The van der Waals surface area contributed by atoms with Crippen LogP contribution in [0.1, 0.15) is 12.5 Å². The highest BCUT2D eigenvalue weighted by molar-refractivity contribution is 5.89. The van der Waals surface area contributed by atoms with Gasteiger partial charge in [-0.1, -0.05) is 0 Å². The van der Waals surface area contributed by atoms with E-state index in [1.807, 2.05) is 0 Å². The monoisotopic (exact) mass is 450 g/mol. The lowest BCUT2D eigenvalue weighted by Gasteiger charge is -2.13. The molecule has 1 N–H and O–H groups in total. The molecule has 12 heteroatoms. The topological polar surface area (TPSA) is 104 Å². The summed E-state index contributed by atoms with van der Waals surface area (Å²) in [5, 5.41) is 6.11. The van der Waals surface area contributed by atoms with Gasteiger partial charge in [0.1, 0.15) is 5.82 Å². The van der Waals surface area contributed by atoms with Crippen LogP contribution in [0.2, 0.25) is 0 Å². The fraction of sp³-hybridized carbons (Fsp3) is 0.200. The Balaban J connectivity index is 2.18. The largest absolute Gasteiger partial charge is 0.494 e. The number of aromatic nitrogens is 3. The molecule has 0 aliphatic heterocycles. The molecule has 0 fully saturated rings. The van der Waals surface area contributed by atoms with Crippen LogP contribution < -0.4 is 26.0 Å². The number of ether oxygens (including phenoxy) is 2. The van der Waals surface area contributed by atoms with Gasteiger partial charge in [-0.3, -0.25) is 9.59 Å². The molecule has 0 radical (unpaired) electrons. The van der Waals surface area contributed by atoms with Crippen molar-refractivity contribution in [3.8, 4) is 17.3 Å². The third-order valence-corrected chi connectivity index (χ3v) is 4.34. The van der Waals surface area contributed by atoms with Crippen LogP contribution in [-0.2, 0) is 11.3 Å². The van der Waals surface area contributed by atoms with E-state index in [9.17, 15) is 27.6 Å². The Hall–Kier alpha value is -4.09. The Kier molecular flexibility index (Phi) is 6.32. The van der Waals surface area contributed by atoms with Gasteiger partial charge in [0.25, 0.3) is 5.88 Å². The minimum atomic E-state index is -1.23. The first kappa shape index (κ1) is 22.6. The zero-order valence-electron chi connectivity index (χ0n) is 17.1. The Morgan fingerprint density at radius 2 is 1.78 bits per heavy atom. The van der Waals surface area contributed by atoms with Crippen LogP contribution in [0.15, 0.2) is 39.9 Å². The van der Waals surface area contributed by atoms with Gasteiger partial charge in [0, 0.05) is 6.92 Å². The number of rotatable bonds is 6. The molecule has 0 bridgehead atoms. The molecule has 3 rings (SSSR count). The summed E-state index contributed by atoms with van der Waals surface area (Å²) in [5.41, 5.74) is -2.06. The fourth-order valence-electron chi connectivity index (χ4n) is 2.90. The highest BCUT2D eigenvalue weighted by atomic mass is 19.2. The smallest absolute Gasteiger partial charge is 0.352 e. The van der Waals surface area contributed by atoms with Crippen molar-refractivity contribution >= 4 is 11.6 Å². The molecule has 0 aliphatic carbocycles. The van der Waals surface area contributed by atoms with Crippen molar-refractivity contribution in [1.29, 1.82) is 0 Å². The van der Waals surface area contributed by atoms with E-state index in [1.54, 1.807) is 0 Å². The molecule has 0 spiro atoms. The van der Waals surface area contributed by atoms with Gasteiger partial charge in [-0.05, 0) is 35.9 Å². The third kappa shape index (κ3) is 4.33. The summed E-state index contributed by atoms with van der Waals surface area (Å²) in [6.07, 6.45) is 0. The summed E-state index contributed by atoms with van der Waals surface area (Å²) in [7, 11) is 2.29. The van der Waals surface area contributed by atoms with Crippen molar-refractivity contribution in [1.82, 2.24) is 14.3 Å². The predicted octanol–water partition coefficient (Wildman–Crippen LogP) is 1.84. The predicted molar refractivity (Wildman–Crippen MR) is 107 cm³/mol. The van der Waals surface area contributed by atoms with Crippen molar-refractivity contribution in [2.24, 2.45) is 0 Å². The first-order valence-corrected chi connectivity index (χ1v) is 9.03. The summed E-state index contributed by atoms with van der Waals surface area (Å²) >= 11 is 0. The third-order valence-electron chi connectivity index (χ3n) is 4.34. The maximum Gasteiger partial charge on any atom is 0.352 e. The van der Waals surface area contributed by atoms with Gasteiger partial charge in [-0.25, -0.2) is 18.1 Å². The van der Waals surface area contributed by atoms with Gasteiger partial charge < -0.3 is 14.8 Å². The first-order chi connectivity index (χ1) is 15.2. The highest BCUT2D eigenvalue weighted by Crippen LogP contribution is 2.22. The lowest BCUT2D eigenvalue weighted by atomic mass is 10.2. The van der Waals surface area contributed by atoms with E-state index in [0.717, 1.165) is 43.2 Å². The van der Waals surface area contributed by atoms with Crippen LogP contribution >= 0.6 is 0 Å². The zero-order valence-corrected chi connectivity index (χ0v) is 17.1. The van der Waals surface area contributed by atoms with Crippen LogP contribution in [-0.4, -0.2) is 34.5 Å². The molecule has 32 heavy (non-hydrogen) atoms. The molecule has 3 aromatic rings. The van der Waals surface area contributed by atoms with Crippen LogP contribution in [0.5, 0.6) is 11.6 Å². The number of hydrogen-bond donors (Lipinski definition) is 1. The van der Waals surface area contributed by atoms with E-state index in [0.29, 0.717) is 4.57 Å². The van der Waals surface area contributed by atoms with Gasteiger partial charge >= 0.3 is 11.2 Å². The van der Waals surface area contributed by atoms with E-state index in [2.05, 4.69) is 10.4 Å². The van der Waals surface area contributed by atoms with Crippen LogP contribution in [0.4, 0.5) is 18.9 Å². The first-order valence-electron chi connectivity index (χ1n) is 9.03. The van der Waals surface area contributed by atoms with Crippen LogP contribution in [0.3, 0.4) is 0 Å². The number of nitrogens with zero attached hydrogens (tertiary/aromatic N) is 3. The molecule has 0 aliphatic rings. The number of nitrogens with one attached hydrogen (secondary N) is 1. The molecule has 9 nitrogen and oxygen atoms in total. The van der Waals surface area contributed by atoms with Crippen molar-refractivity contribution in [3.63, 3.8) is 0 Å². The molecule has 1 aromatic heterocycles. The molecule has 1 heterocycles. The average Bonchev–Trinajstić information content (AvgIpc) is 2.75. The van der Waals surface area contributed by atoms with Gasteiger partial charge in [0.2, 0.25) is 11.7 Å². The minimum Gasteiger partial charge on any atom is -0.494 e. The number of hydrogen-bond acceptors (Lipinski definition) is 6. The summed E-state index contributed by atoms with van der Waals surface area (Å²) in [4.78, 5) is 36.9. The molecule has 1 amide bonds. The normalized spacial score (nSPS) is 10.7. The number of carbonyl (C=O) groups is 1. The number of halogens is 3. The maximum absolute atomic E-state index is 14.0. The van der Waals surface area contributed by atoms with Crippen LogP contribution in [0.25, 0.3) is 5.69 Å². The summed E-state index contributed by atoms with van der Waals surface area (Å²) in [6.45, 7) is 0.708. The minimum absolute atomic E-state index is 0.00932. The van der Waals surface area contributed by atoms with E-state index in [4.69, 9.17) is 9.47 Å². The Morgan fingerprint density at radius 1 is 1.06 bits per heavy atom. The standard InChI is InChI=1S/C20H17F3N4O5/c1-10(28)24-15-8-12(4-5-13(15)21)27-20(30)26(19(29)18(25-27)32-3)9-11-6-14(22)17(23)16(7-11)31-2/h4-8H,9H2,1-3H3,(H,24,28). The van der Waals surface area contributed by atoms with Gasteiger partial charge in [0.15, 0.2) is 11.6 Å². The lowest BCUT2D eigenvalue weighted by molar-refractivity contribution is -0.114. The molecule has 0 saturated heterocycles. The number of benzene rings is 2. The molecular weight excluding hydrogens is 433 g/mol. The lowest BCUT2D eigenvalue weighted by Crippen LogP contribution is -2.41. The number of amides is 1. The highest BCUT2D eigenvalue weighted by Gasteiger charge is 2.18. The number of anilines is 1. The second-order valence-corrected chi connectivity index (χ2v) is 6.53. The summed E-state index contributed by atoms with van der Waals surface area (Å²) < 4.78 is 52.7. The summed E-state index contributed by atoms with van der Waals surface area (Å²) in [6, 6.07) is 5.28. The Bertz CT molecular complexity index is 1320. The SMILES string of the molecule is COc1cc(Cn2c(=O)c(OC)nn(-c3ccc(F)c(NC(C)=O)c3)c2=O)cc(F)c1F. The second-order valence-electron chi connectivity index (χ2n) is 6.53. The Labute approximate surface area is 178 Å². The molecule has 0 saturated carbocycles. The average molecular weight is 450 g/mol. The Morgan fingerprint density at radius 3 is 2.41 bits per heavy atom. The molecule has 168 valence electrons. The maximum atomic E-state index is 14.0. The fourth-order valence-corrected chi connectivity index (χ4v) is 2.90. The van der Waals surface area contributed by atoms with Gasteiger partial charge in [0.05, 0.1) is 32.1 Å². The quantitative estimate of drug-likeness (QED) is 0.615. The number of carbonyl (C=O) groups excluding carboxylic acids is 1. The van der Waals surface area contributed by atoms with Crippen molar-refractivity contribution in [2.75, 3.05) is 19.5 Å². The molecule has 0 atom stereocenters. The van der Waals surface area contributed by atoms with E-state index in [-0.39, 0.29) is 16.9 Å². The molecule has 0 unspecified atom stereocenters. The molecule has 2 aromatic carbocycles. The van der Waals surface area contributed by atoms with Gasteiger partial charge in [-0.2, -0.15) is 9.07 Å². The van der Waals surface area contributed by atoms with Crippen molar-refractivity contribution < 1.29 is 27.4 Å². The van der Waals surface area contributed by atoms with Crippen LogP contribution in [0, 0.1) is 17.5 Å².